The number of carbonyl (C=O) groups is 2. The van der Waals surface area contributed by atoms with Gasteiger partial charge in [-0.1, -0.05) is 24.3 Å². The van der Waals surface area contributed by atoms with Crippen molar-refractivity contribution in [3.05, 3.63) is 65.2 Å². The first-order chi connectivity index (χ1) is 13.7. The van der Waals surface area contributed by atoms with Gasteiger partial charge in [0.1, 0.15) is 0 Å². The van der Waals surface area contributed by atoms with E-state index in [1.54, 1.807) is 17.4 Å². The molecule has 0 saturated carbocycles. The zero-order chi connectivity index (χ0) is 19.3. The van der Waals surface area contributed by atoms with Crippen LogP contribution in [0.3, 0.4) is 0 Å². The molecule has 1 aromatic carbocycles. The van der Waals surface area contributed by atoms with Crippen molar-refractivity contribution in [3.8, 4) is 0 Å². The summed E-state index contributed by atoms with van der Waals surface area (Å²) in [6.07, 6.45) is 7.15. The third-order valence-electron chi connectivity index (χ3n) is 4.62. The first-order valence-electron chi connectivity index (χ1n) is 9.22. The van der Waals surface area contributed by atoms with E-state index in [0.717, 1.165) is 25.1 Å². The maximum atomic E-state index is 12.2. The number of nitrogens with one attached hydrogen (secondary N) is 1. The van der Waals surface area contributed by atoms with Gasteiger partial charge in [-0.15, -0.1) is 11.3 Å². The number of nitrogens with zero attached hydrogens (tertiary/aromatic N) is 4. The number of anilines is 1. The fourth-order valence-electron chi connectivity index (χ4n) is 3.13. The lowest BCUT2D eigenvalue weighted by molar-refractivity contribution is -0.120. The summed E-state index contributed by atoms with van der Waals surface area (Å²) in [5.41, 5.74) is 2.93. The number of hydrogen-bond donors (Lipinski definition) is 1. The van der Waals surface area contributed by atoms with Gasteiger partial charge in [0.2, 0.25) is 11.8 Å². The molecule has 0 aliphatic carbocycles. The van der Waals surface area contributed by atoms with Crippen LogP contribution in [0.15, 0.2) is 48.4 Å². The fraction of sp³-hybridized carbons (Fsp3) is 0.300. The largest absolute Gasteiger partial charge is 0.352 e. The lowest BCUT2D eigenvalue weighted by Crippen LogP contribution is -2.25. The summed E-state index contributed by atoms with van der Waals surface area (Å²) in [5, 5.41) is 5.48. The zero-order valence-electron chi connectivity index (χ0n) is 15.4. The van der Waals surface area contributed by atoms with E-state index < -0.39 is 0 Å². The maximum absolute atomic E-state index is 12.2. The van der Waals surface area contributed by atoms with Crippen LogP contribution in [0.5, 0.6) is 0 Å². The predicted octanol–water partition coefficient (Wildman–Crippen LogP) is 2.37. The molecule has 0 atom stereocenters. The van der Waals surface area contributed by atoms with E-state index in [-0.39, 0.29) is 18.2 Å². The Morgan fingerprint density at radius 1 is 1.21 bits per heavy atom. The minimum atomic E-state index is -0.0768. The normalized spacial score (nSPS) is 13.9. The molecule has 28 heavy (non-hydrogen) atoms. The third-order valence-corrected chi connectivity index (χ3v) is 5.54. The molecule has 3 heterocycles. The van der Waals surface area contributed by atoms with Gasteiger partial charge in [0.05, 0.1) is 18.4 Å². The van der Waals surface area contributed by atoms with Crippen LogP contribution in [0.25, 0.3) is 0 Å². The van der Waals surface area contributed by atoms with Crippen molar-refractivity contribution in [1.29, 1.82) is 0 Å². The first-order valence-corrected chi connectivity index (χ1v) is 10.1. The van der Waals surface area contributed by atoms with Gasteiger partial charge in [-0.2, -0.15) is 0 Å². The van der Waals surface area contributed by atoms with Gasteiger partial charge in [0.25, 0.3) is 0 Å². The van der Waals surface area contributed by atoms with Gasteiger partial charge in [-0.05, 0) is 17.5 Å². The van der Waals surface area contributed by atoms with Crippen LogP contribution in [0.4, 0.5) is 5.13 Å². The van der Waals surface area contributed by atoms with E-state index in [1.807, 2.05) is 28.3 Å². The highest BCUT2D eigenvalue weighted by molar-refractivity contribution is 7.14. The van der Waals surface area contributed by atoms with Gasteiger partial charge in [-0.3, -0.25) is 14.5 Å². The molecule has 4 rings (SSSR count). The molecule has 0 bridgehead atoms. The summed E-state index contributed by atoms with van der Waals surface area (Å²) in [5.74, 6) is 0.0360. The summed E-state index contributed by atoms with van der Waals surface area (Å²) in [4.78, 5) is 34.2. The number of rotatable bonds is 7. The molecule has 3 aromatic rings. The molecule has 0 radical (unpaired) electrons. The second-order valence-electron chi connectivity index (χ2n) is 6.78. The Labute approximate surface area is 167 Å². The van der Waals surface area contributed by atoms with Gasteiger partial charge >= 0.3 is 0 Å². The Morgan fingerprint density at radius 3 is 2.75 bits per heavy atom. The zero-order valence-corrected chi connectivity index (χ0v) is 16.2. The van der Waals surface area contributed by atoms with E-state index in [2.05, 4.69) is 27.4 Å². The number of imidazole rings is 1. The molecule has 8 heteroatoms. The second kappa shape index (κ2) is 8.35. The maximum Gasteiger partial charge on any atom is 0.228 e. The molecule has 1 saturated heterocycles. The highest BCUT2D eigenvalue weighted by Gasteiger charge is 2.24. The SMILES string of the molecule is O=C(Cc1csc(N2CCCC2=O)n1)NCc1ccc(Cn2ccnc2)cc1. The Kier molecular flexibility index (Phi) is 5.48. The van der Waals surface area contributed by atoms with Crippen molar-refractivity contribution in [2.75, 3.05) is 11.4 Å². The van der Waals surface area contributed by atoms with Crippen molar-refractivity contribution in [1.82, 2.24) is 19.9 Å². The molecular formula is C20H21N5O2S. The number of amides is 2. The van der Waals surface area contributed by atoms with Crippen molar-refractivity contribution >= 4 is 28.3 Å². The molecule has 2 aromatic heterocycles. The number of hydrogen-bond acceptors (Lipinski definition) is 5. The van der Waals surface area contributed by atoms with E-state index in [4.69, 9.17) is 0 Å². The summed E-state index contributed by atoms with van der Waals surface area (Å²) in [6.45, 7) is 1.97. The van der Waals surface area contributed by atoms with Gasteiger partial charge < -0.3 is 9.88 Å². The van der Waals surface area contributed by atoms with Crippen LogP contribution in [-0.2, 0) is 29.1 Å². The van der Waals surface area contributed by atoms with Crippen LogP contribution in [0.2, 0.25) is 0 Å². The molecular weight excluding hydrogens is 374 g/mol. The molecule has 0 unspecified atom stereocenters. The third kappa shape index (κ3) is 4.45. The van der Waals surface area contributed by atoms with Gasteiger partial charge in [0.15, 0.2) is 5.13 Å². The summed E-state index contributed by atoms with van der Waals surface area (Å²) in [7, 11) is 0. The lowest BCUT2D eigenvalue weighted by atomic mass is 10.1. The topological polar surface area (TPSA) is 80.1 Å². The lowest BCUT2D eigenvalue weighted by Gasteiger charge is -2.10. The molecule has 1 N–H and O–H groups in total. The standard InChI is InChI=1S/C20H21N5O2S/c26-18(10-17-13-28-20(23-17)25-8-1-2-19(25)27)22-11-15-3-5-16(6-4-15)12-24-9-7-21-14-24/h3-7,9,13-14H,1-2,8,10-12H2,(H,22,26). The molecule has 1 aliphatic heterocycles. The van der Waals surface area contributed by atoms with Crippen molar-refractivity contribution in [2.45, 2.75) is 32.4 Å². The van der Waals surface area contributed by atoms with E-state index in [1.165, 1.54) is 16.9 Å². The van der Waals surface area contributed by atoms with E-state index in [9.17, 15) is 9.59 Å². The average Bonchev–Trinajstić information content (AvgIpc) is 3.44. The Hall–Kier alpha value is -3.00. The average molecular weight is 395 g/mol. The molecule has 7 nitrogen and oxygen atoms in total. The monoisotopic (exact) mass is 395 g/mol. The van der Waals surface area contributed by atoms with Crippen molar-refractivity contribution < 1.29 is 9.59 Å². The Morgan fingerprint density at radius 2 is 2.04 bits per heavy atom. The van der Waals surface area contributed by atoms with Crippen LogP contribution in [0.1, 0.15) is 29.7 Å². The van der Waals surface area contributed by atoms with Crippen LogP contribution >= 0.6 is 11.3 Å². The van der Waals surface area contributed by atoms with E-state index in [0.29, 0.717) is 23.8 Å². The predicted molar refractivity (Wildman–Crippen MR) is 107 cm³/mol. The highest BCUT2D eigenvalue weighted by atomic mass is 32.1. The Balaban J connectivity index is 1.26. The van der Waals surface area contributed by atoms with Crippen molar-refractivity contribution in [3.63, 3.8) is 0 Å². The first kappa shape index (κ1) is 18.4. The van der Waals surface area contributed by atoms with Crippen LogP contribution in [-0.4, -0.2) is 32.9 Å². The minimum absolute atomic E-state index is 0.0768. The van der Waals surface area contributed by atoms with Crippen LogP contribution < -0.4 is 10.2 Å². The number of aromatic nitrogens is 3. The molecule has 1 aliphatic rings. The smallest absolute Gasteiger partial charge is 0.228 e. The number of thiazole rings is 1. The molecule has 0 spiro atoms. The van der Waals surface area contributed by atoms with Gasteiger partial charge in [-0.25, -0.2) is 9.97 Å². The highest BCUT2D eigenvalue weighted by Crippen LogP contribution is 2.25. The van der Waals surface area contributed by atoms with Crippen molar-refractivity contribution in [2.24, 2.45) is 0 Å². The summed E-state index contributed by atoms with van der Waals surface area (Å²) >= 11 is 1.42. The molecule has 1 fully saturated rings. The van der Waals surface area contributed by atoms with Crippen LogP contribution in [0, 0.1) is 0 Å². The number of benzene rings is 1. The molecule has 144 valence electrons. The van der Waals surface area contributed by atoms with E-state index >= 15 is 0 Å². The minimum Gasteiger partial charge on any atom is -0.352 e. The summed E-state index contributed by atoms with van der Waals surface area (Å²) in [6, 6.07) is 8.15. The quantitative estimate of drug-likeness (QED) is 0.666. The van der Waals surface area contributed by atoms with Gasteiger partial charge in [0, 0.05) is 43.8 Å². The summed E-state index contributed by atoms with van der Waals surface area (Å²) < 4.78 is 2.01. The fourth-order valence-corrected chi connectivity index (χ4v) is 4.00. The Bertz CT molecular complexity index is 949. The molecule has 2 amide bonds. The second-order valence-corrected chi connectivity index (χ2v) is 7.61. The number of carbonyl (C=O) groups excluding carboxylic acids is 2.